The first-order valence-electron chi connectivity index (χ1n) is 12.3. The van der Waals surface area contributed by atoms with Gasteiger partial charge in [0.15, 0.2) is 5.78 Å². The lowest BCUT2D eigenvalue weighted by Gasteiger charge is -2.44. The Balaban J connectivity index is 1.33. The normalized spacial score (nSPS) is 21.1. The van der Waals surface area contributed by atoms with Crippen molar-refractivity contribution in [3.63, 3.8) is 0 Å². The Morgan fingerprint density at radius 3 is 2.60 bits per heavy atom. The van der Waals surface area contributed by atoms with Crippen LogP contribution in [0, 0.1) is 0 Å². The van der Waals surface area contributed by atoms with Crippen LogP contribution in [-0.2, 0) is 27.9 Å². The maximum absolute atomic E-state index is 12.9. The summed E-state index contributed by atoms with van der Waals surface area (Å²) in [6.45, 7) is 4.32. The number of hydrogen-bond donors (Lipinski definition) is 1. The molecule has 2 atom stereocenters. The van der Waals surface area contributed by atoms with Gasteiger partial charge < -0.3 is 10.1 Å². The number of ether oxygens (including phenoxy) is 1. The third-order valence-corrected chi connectivity index (χ3v) is 8.53. The number of carbonyl (C=O) groups excluding carboxylic acids is 2. The molecular weight excluding hydrogens is 456 g/mol. The second-order valence-electron chi connectivity index (χ2n) is 9.73. The number of fused-ring (bicyclic) bond motifs is 2. The number of likely N-dealkylation sites (tertiary alicyclic amines) is 1. The molecule has 0 unspecified atom stereocenters. The highest BCUT2D eigenvalue weighted by Crippen LogP contribution is 2.52. The molecule has 35 heavy (non-hydrogen) atoms. The van der Waals surface area contributed by atoms with E-state index < -0.39 is 0 Å². The molecule has 1 spiro atoms. The Morgan fingerprint density at radius 2 is 1.89 bits per heavy atom. The average molecular weight is 489 g/mol. The number of benzene rings is 2. The first-order valence-corrected chi connectivity index (χ1v) is 13.1. The number of rotatable bonds is 7. The fourth-order valence-corrected chi connectivity index (χ4v) is 6.68. The van der Waals surface area contributed by atoms with Crippen molar-refractivity contribution in [1.29, 1.82) is 0 Å². The fourth-order valence-electron chi connectivity index (χ4n) is 5.98. The summed E-state index contributed by atoms with van der Waals surface area (Å²) in [7, 11) is 1.77. The number of nitrogens with zero attached hydrogens (tertiary/aromatic N) is 1. The number of carbonyl (C=O) groups is 2. The number of hydrogen-bond acceptors (Lipinski definition) is 5. The molecule has 1 aliphatic heterocycles. The Labute approximate surface area is 211 Å². The summed E-state index contributed by atoms with van der Waals surface area (Å²) in [6, 6.07) is 20.3. The molecule has 0 bridgehead atoms. The van der Waals surface area contributed by atoms with Gasteiger partial charge in [0.1, 0.15) is 0 Å². The van der Waals surface area contributed by atoms with Crippen molar-refractivity contribution in [2.45, 2.75) is 50.3 Å². The zero-order chi connectivity index (χ0) is 24.4. The van der Waals surface area contributed by atoms with E-state index in [-0.39, 0.29) is 29.3 Å². The molecule has 1 saturated heterocycles. The van der Waals surface area contributed by atoms with Gasteiger partial charge in [-0.05, 0) is 67.1 Å². The molecule has 2 aliphatic rings. The van der Waals surface area contributed by atoms with Crippen LogP contribution in [0.2, 0.25) is 0 Å². The number of amides is 1. The molecule has 1 aliphatic carbocycles. The third-order valence-electron chi connectivity index (χ3n) is 7.65. The van der Waals surface area contributed by atoms with E-state index in [2.05, 4.69) is 40.5 Å². The van der Waals surface area contributed by atoms with Gasteiger partial charge in [0.05, 0.1) is 18.6 Å². The van der Waals surface area contributed by atoms with Crippen molar-refractivity contribution < 1.29 is 14.3 Å². The Morgan fingerprint density at radius 1 is 1.09 bits per heavy atom. The molecule has 2 heterocycles. The summed E-state index contributed by atoms with van der Waals surface area (Å²) >= 11 is 1.61. The maximum atomic E-state index is 12.9. The number of nitrogens with one attached hydrogen (secondary N) is 1. The molecule has 2 aromatic carbocycles. The first-order chi connectivity index (χ1) is 17.0. The van der Waals surface area contributed by atoms with Gasteiger partial charge in [-0.15, -0.1) is 11.3 Å². The average Bonchev–Trinajstić information content (AvgIpc) is 3.46. The molecule has 5 nitrogen and oxygen atoms in total. The van der Waals surface area contributed by atoms with E-state index in [1.807, 2.05) is 35.7 Å². The topological polar surface area (TPSA) is 58.6 Å². The quantitative estimate of drug-likeness (QED) is 0.480. The SMILES string of the molecule is CO[C@H]1[C@H](NC(=O)Cc2cccs2)c2ccccc2C12CCN(Cc1cccc(C(C)=O)c1)CC2. The van der Waals surface area contributed by atoms with Crippen LogP contribution in [0.25, 0.3) is 0 Å². The molecule has 6 heteroatoms. The number of ketones is 1. The van der Waals surface area contributed by atoms with Crippen molar-refractivity contribution >= 4 is 23.0 Å². The van der Waals surface area contributed by atoms with Crippen molar-refractivity contribution in [1.82, 2.24) is 10.2 Å². The second kappa shape index (κ2) is 10.1. The number of methoxy groups -OCH3 is 1. The highest BCUT2D eigenvalue weighted by Gasteiger charge is 2.53. The summed E-state index contributed by atoms with van der Waals surface area (Å²) in [5, 5.41) is 5.32. The highest BCUT2D eigenvalue weighted by atomic mass is 32.1. The molecule has 0 radical (unpaired) electrons. The smallest absolute Gasteiger partial charge is 0.225 e. The van der Waals surface area contributed by atoms with Crippen LogP contribution in [-0.4, -0.2) is 42.9 Å². The second-order valence-corrected chi connectivity index (χ2v) is 10.8. The predicted octanol–water partition coefficient (Wildman–Crippen LogP) is 4.91. The van der Waals surface area contributed by atoms with Crippen molar-refractivity contribution in [2.24, 2.45) is 0 Å². The summed E-state index contributed by atoms with van der Waals surface area (Å²) in [5.74, 6) is 0.135. The molecule has 5 rings (SSSR count). The van der Waals surface area contributed by atoms with Crippen LogP contribution >= 0.6 is 11.3 Å². The minimum Gasteiger partial charge on any atom is -0.378 e. The monoisotopic (exact) mass is 488 g/mol. The molecular formula is C29H32N2O3S. The van der Waals surface area contributed by atoms with Gasteiger partial charge in [0.2, 0.25) is 5.91 Å². The minimum absolute atomic E-state index is 0.0362. The van der Waals surface area contributed by atoms with Gasteiger partial charge in [0, 0.05) is 29.5 Å². The summed E-state index contributed by atoms with van der Waals surface area (Å²) in [5.41, 5.74) is 4.31. The maximum Gasteiger partial charge on any atom is 0.225 e. The van der Waals surface area contributed by atoms with Crippen molar-refractivity contribution in [3.05, 3.63) is 93.2 Å². The van der Waals surface area contributed by atoms with E-state index in [1.165, 1.54) is 16.7 Å². The van der Waals surface area contributed by atoms with E-state index in [0.29, 0.717) is 6.42 Å². The van der Waals surface area contributed by atoms with Crippen LogP contribution in [0.4, 0.5) is 0 Å². The fraction of sp³-hybridized carbons (Fsp3) is 0.379. The van der Waals surface area contributed by atoms with Gasteiger partial charge in [-0.25, -0.2) is 0 Å². The van der Waals surface area contributed by atoms with Crippen LogP contribution in [0.3, 0.4) is 0 Å². The number of Topliss-reactive ketones (excluding diaryl/α,β-unsaturated/α-hetero) is 1. The van der Waals surface area contributed by atoms with Crippen molar-refractivity contribution in [2.75, 3.05) is 20.2 Å². The predicted molar refractivity (Wildman–Crippen MR) is 139 cm³/mol. The summed E-state index contributed by atoms with van der Waals surface area (Å²) < 4.78 is 6.16. The first kappa shape index (κ1) is 23.9. The number of thiophene rings is 1. The molecule has 1 amide bonds. The van der Waals surface area contributed by atoms with Gasteiger partial charge in [-0.1, -0.05) is 48.5 Å². The van der Waals surface area contributed by atoms with Gasteiger partial charge >= 0.3 is 0 Å². The lowest BCUT2D eigenvalue weighted by Crippen LogP contribution is -2.50. The van der Waals surface area contributed by atoms with Gasteiger partial charge in [-0.2, -0.15) is 0 Å². The van der Waals surface area contributed by atoms with Crippen LogP contribution < -0.4 is 5.32 Å². The molecule has 182 valence electrons. The van der Waals surface area contributed by atoms with Gasteiger partial charge in [-0.3, -0.25) is 14.5 Å². The van der Waals surface area contributed by atoms with E-state index in [4.69, 9.17) is 4.74 Å². The Kier molecular flexibility index (Phi) is 6.87. The zero-order valence-corrected chi connectivity index (χ0v) is 21.1. The van der Waals surface area contributed by atoms with E-state index in [1.54, 1.807) is 25.4 Å². The summed E-state index contributed by atoms with van der Waals surface area (Å²) in [6.07, 6.45) is 2.22. The summed E-state index contributed by atoms with van der Waals surface area (Å²) in [4.78, 5) is 28.3. The van der Waals surface area contributed by atoms with Gasteiger partial charge in [0.25, 0.3) is 0 Å². The molecule has 1 N–H and O–H groups in total. The van der Waals surface area contributed by atoms with E-state index >= 15 is 0 Å². The van der Waals surface area contributed by atoms with Crippen LogP contribution in [0.1, 0.15) is 57.7 Å². The molecule has 3 aromatic rings. The van der Waals surface area contributed by atoms with Crippen LogP contribution in [0.15, 0.2) is 66.0 Å². The van der Waals surface area contributed by atoms with Crippen molar-refractivity contribution in [3.8, 4) is 0 Å². The van der Waals surface area contributed by atoms with E-state index in [9.17, 15) is 9.59 Å². The Bertz CT molecular complexity index is 1200. The largest absolute Gasteiger partial charge is 0.378 e. The minimum atomic E-state index is -0.150. The third kappa shape index (κ3) is 4.70. The lowest BCUT2D eigenvalue weighted by atomic mass is 9.71. The molecule has 1 aromatic heterocycles. The lowest BCUT2D eigenvalue weighted by molar-refractivity contribution is -0.122. The zero-order valence-electron chi connectivity index (χ0n) is 20.3. The molecule has 1 fully saturated rings. The Hall–Kier alpha value is -2.80. The number of piperidine rings is 1. The van der Waals surface area contributed by atoms with E-state index in [0.717, 1.165) is 42.9 Å². The highest BCUT2D eigenvalue weighted by molar-refractivity contribution is 7.10. The standard InChI is InChI=1S/C29H32N2O3S/c1-20(32)22-8-5-7-21(17-22)19-31-14-12-29(13-15-31)25-11-4-3-10-24(25)27(28(29)34-2)30-26(33)18-23-9-6-16-35-23/h3-11,16-17,27-28H,12-15,18-19H2,1-2H3,(H,30,33)/t27-,28+/m1/s1. The molecule has 0 saturated carbocycles. The van der Waals surface area contributed by atoms with Crippen LogP contribution in [0.5, 0.6) is 0 Å².